The van der Waals surface area contributed by atoms with E-state index in [1.807, 2.05) is 48.2 Å². The number of nitrogens with zero attached hydrogens (tertiary/aromatic N) is 1. The smallest absolute Gasteiger partial charge is 0.258 e. The lowest BCUT2D eigenvalue weighted by Gasteiger charge is -2.35. The van der Waals surface area contributed by atoms with Crippen LogP contribution in [0.15, 0.2) is 48.5 Å². The highest BCUT2D eigenvalue weighted by Crippen LogP contribution is 2.24. The predicted octanol–water partition coefficient (Wildman–Crippen LogP) is 3.30. The van der Waals surface area contributed by atoms with Gasteiger partial charge in [0.2, 0.25) is 0 Å². The Kier molecular flexibility index (Phi) is 5.53. The third-order valence-electron chi connectivity index (χ3n) is 4.34. The normalized spacial score (nSPS) is 17.2. The lowest BCUT2D eigenvalue weighted by Crippen LogP contribution is -2.49. The minimum absolute atomic E-state index is 0.000496. The largest absolute Gasteiger partial charge is 0.484 e. The number of ether oxygens (including phenoxy) is 1. The van der Waals surface area contributed by atoms with Gasteiger partial charge in [0.05, 0.1) is 5.69 Å². The molecular formula is C20H23FN2O2. The highest BCUT2D eigenvalue weighted by molar-refractivity contribution is 5.78. The van der Waals surface area contributed by atoms with E-state index >= 15 is 0 Å². The van der Waals surface area contributed by atoms with Gasteiger partial charge < -0.3 is 15.0 Å². The van der Waals surface area contributed by atoms with Gasteiger partial charge in [-0.2, -0.15) is 0 Å². The first-order valence-electron chi connectivity index (χ1n) is 8.60. The number of benzene rings is 2. The van der Waals surface area contributed by atoms with E-state index in [9.17, 15) is 9.18 Å². The van der Waals surface area contributed by atoms with Crippen LogP contribution in [0.3, 0.4) is 0 Å². The predicted molar refractivity (Wildman–Crippen MR) is 96.5 cm³/mol. The van der Waals surface area contributed by atoms with E-state index in [0.29, 0.717) is 18.0 Å². The number of hydrogen-bond acceptors (Lipinski definition) is 3. The molecule has 2 aromatic rings. The molecule has 1 heterocycles. The van der Waals surface area contributed by atoms with Crippen molar-refractivity contribution in [1.82, 2.24) is 5.32 Å². The van der Waals surface area contributed by atoms with Crippen LogP contribution in [-0.2, 0) is 4.79 Å². The maximum Gasteiger partial charge on any atom is 0.258 e. The summed E-state index contributed by atoms with van der Waals surface area (Å²) in [6.07, 6.45) is 1.80. The summed E-state index contributed by atoms with van der Waals surface area (Å²) in [5.74, 6) is 0.301. The highest BCUT2D eigenvalue weighted by Gasteiger charge is 2.23. The fourth-order valence-corrected chi connectivity index (χ4v) is 3.11. The van der Waals surface area contributed by atoms with E-state index in [-0.39, 0.29) is 24.4 Å². The van der Waals surface area contributed by atoms with Gasteiger partial charge in [-0.25, -0.2) is 4.39 Å². The topological polar surface area (TPSA) is 41.6 Å². The number of anilines is 1. The fourth-order valence-electron chi connectivity index (χ4n) is 3.11. The number of carbonyl (C=O) groups is 1. The molecule has 4 nitrogen and oxygen atoms in total. The van der Waals surface area contributed by atoms with E-state index in [0.717, 1.165) is 24.9 Å². The van der Waals surface area contributed by atoms with Crippen LogP contribution < -0.4 is 15.0 Å². The average Bonchev–Trinajstić information content (AvgIpc) is 2.63. The molecule has 0 aromatic heterocycles. The molecule has 0 saturated carbocycles. The number of para-hydroxylation sites is 1. The second-order valence-electron chi connectivity index (χ2n) is 6.41. The Bertz CT molecular complexity index is 721. The molecule has 1 amide bonds. The van der Waals surface area contributed by atoms with Crippen molar-refractivity contribution in [3.05, 3.63) is 59.9 Å². The summed E-state index contributed by atoms with van der Waals surface area (Å²) in [4.78, 5) is 14.1. The van der Waals surface area contributed by atoms with Crippen LogP contribution in [0.1, 0.15) is 18.4 Å². The lowest BCUT2D eigenvalue weighted by atomic mass is 10.0. The summed E-state index contributed by atoms with van der Waals surface area (Å²) >= 11 is 0. The Morgan fingerprint density at radius 2 is 2.08 bits per heavy atom. The first-order valence-corrected chi connectivity index (χ1v) is 8.60. The minimum atomic E-state index is -0.218. The number of nitrogens with one attached hydrogen (secondary N) is 1. The molecule has 0 spiro atoms. The monoisotopic (exact) mass is 342 g/mol. The number of amides is 1. The first-order chi connectivity index (χ1) is 12.1. The summed E-state index contributed by atoms with van der Waals surface area (Å²) in [5, 5.41) is 2.99. The molecule has 0 radical (unpaired) electrons. The Labute approximate surface area is 147 Å². The van der Waals surface area contributed by atoms with Gasteiger partial charge in [0.15, 0.2) is 6.61 Å². The number of aryl methyl sites for hydroxylation is 1. The van der Waals surface area contributed by atoms with Crippen molar-refractivity contribution in [2.75, 3.05) is 24.6 Å². The molecule has 0 bridgehead atoms. The fraction of sp³-hybridized carbons (Fsp3) is 0.350. The molecule has 1 aliphatic heterocycles. The maximum atomic E-state index is 14.1. The minimum Gasteiger partial charge on any atom is -0.484 e. The zero-order valence-corrected chi connectivity index (χ0v) is 14.4. The molecular weight excluding hydrogens is 319 g/mol. The van der Waals surface area contributed by atoms with E-state index < -0.39 is 0 Å². The maximum absolute atomic E-state index is 14.1. The number of piperidine rings is 1. The van der Waals surface area contributed by atoms with Crippen LogP contribution in [0.5, 0.6) is 5.75 Å². The third-order valence-corrected chi connectivity index (χ3v) is 4.34. The molecule has 25 heavy (non-hydrogen) atoms. The zero-order chi connectivity index (χ0) is 17.6. The summed E-state index contributed by atoms with van der Waals surface area (Å²) in [6, 6.07) is 14.4. The van der Waals surface area contributed by atoms with Crippen LogP contribution in [-0.4, -0.2) is 31.6 Å². The highest BCUT2D eigenvalue weighted by atomic mass is 19.1. The van der Waals surface area contributed by atoms with Crippen molar-refractivity contribution < 1.29 is 13.9 Å². The summed E-state index contributed by atoms with van der Waals surface area (Å²) in [5.41, 5.74) is 1.64. The van der Waals surface area contributed by atoms with Crippen LogP contribution >= 0.6 is 0 Å². The second kappa shape index (κ2) is 8.01. The van der Waals surface area contributed by atoms with Gasteiger partial charge in [0, 0.05) is 19.1 Å². The van der Waals surface area contributed by atoms with Gasteiger partial charge in [0.1, 0.15) is 11.6 Å². The molecule has 132 valence electrons. The summed E-state index contributed by atoms with van der Waals surface area (Å²) in [7, 11) is 0. The average molecular weight is 342 g/mol. The zero-order valence-electron chi connectivity index (χ0n) is 14.4. The van der Waals surface area contributed by atoms with Crippen LogP contribution in [0, 0.1) is 12.7 Å². The first kappa shape index (κ1) is 17.3. The lowest BCUT2D eigenvalue weighted by molar-refractivity contribution is -0.123. The molecule has 2 aromatic carbocycles. The number of rotatable bonds is 5. The molecule has 1 N–H and O–H groups in total. The Morgan fingerprint density at radius 1 is 1.28 bits per heavy atom. The molecule has 3 rings (SSSR count). The van der Waals surface area contributed by atoms with Crippen molar-refractivity contribution in [2.45, 2.75) is 25.8 Å². The van der Waals surface area contributed by atoms with Crippen LogP contribution in [0.4, 0.5) is 10.1 Å². The Balaban J connectivity index is 1.54. The van der Waals surface area contributed by atoms with Gasteiger partial charge in [-0.1, -0.05) is 24.3 Å². The van der Waals surface area contributed by atoms with Crippen LogP contribution in [0.2, 0.25) is 0 Å². The molecule has 5 heteroatoms. The number of halogens is 1. The number of hydrogen-bond donors (Lipinski definition) is 1. The molecule has 0 aliphatic carbocycles. The van der Waals surface area contributed by atoms with E-state index in [1.165, 1.54) is 6.07 Å². The SMILES string of the molecule is Cc1ccc(F)c(N2CCCC(NC(=O)COc3ccccc3)C2)c1. The quantitative estimate of drug-likeness (QED) is 0.906. The van der Waals surface area contributed by atoms with E-state index in [1.54, 1.807) is 6.07 Å². The Morgan fingerprint density at radius 3 is 2.88 bits per heavy atom. The molecule has 1 unspecified atom stereocenters. The van der Waals surface area contributed by atoms with Crippen molar-refractivity contribution in [3.8, 4) is 5.75 Å². The Hall–Kier alpha value is -2.56. The van der Waals surface area contributed by atoms with Gasteiger partial charge in [-0.3, -0.25) is 4.79 Å². The van der Waals surface area contributed by atoms with Gasteiger partial charge >= 0.3 is 0 Å². The van der Waals surface area contributed by atoms with E-state index in [2.05, 4.69) is 5.32 Å². The molecule has 1 atom stereocenters. The van der Waals surface area contributed by atoms with Crippen molar-refractivity contribution in [3.63, 3.8) is 0 Å². The summed E-state index contributed by atoms with van der Waals surface area (Å²) < 4.78 is 19.6. The molecule has 1 fully saturated rings. The van der Waals surface area contributed by atoms with Crippen molar-refractivity contribution in [1.29, 1.82) is 0 Å². The van der Waals surface area contributed by atoms with Gasteiger partial charge in [-0.05, 0) is 49.6 Å². The third kappa shape index (κ3) is 4.72. The van der Waals surface area contributed by atoms with E-state index in [4.69, 9.17) is 4.74 Å². The van der Waals surface area contributed by atoms with Crippen molar-refractivity contribution in [2.24, 2.45) is 0 Å². The molecule has 1 aliphatic rings. The molecule has 1 saturated heterocycles. The standard InChI is InChI=1S/C20H23FN2O2/c1-15-9-10-18(21)19(12-15)23-11-5-6-16(13-23)22-20(24)14-25-17-7-3-2-4-8-17/h2-4,7-10,12,16H,5-6,11,13-14H2,1H3,(H,22,24). The summed E-state index contributed by atoms with van der Waals surface area (Å²) in [6.45, 7) is 3.34. The second-order valence-corrected chi connectivity index (χ2v) is 6.41. The van der Waals surface area contributed by atoms with Gasteiger partial charge in [0.25, 0.3) is 5.91 Å². The van der Waals surface area contributed by atoms with Crippen molar-refractivity contribution >= 4 is 11.6 Å². The van der Waals surface area contributed by atoms with Crippen LogP contribution in [0.25, 0.3) is 0 Å². The number of carbonyl (C=O) groups excluding carboxylic acids is 1. The van der Waals surface area contributed by atoms with Gasteiger partial charge in [-0.15, -0.1) is 0 Å².